The minimum Gasteiger partial charge on any atom is -1.00 e. The Morgan fingerprint density at radius 2 is 1.40 bits per heavy atom. The Morgan fingerprint density at radius 3 is 1.73 bits per heavy atom. The number of hydrogen-bond acceptors (Lipinski definition) is 6. The molecular weight excluding hydrogens is 398 g/mol. The van der Waals surface area contributed by atoms with Crippen molar-refractivity contribution in [1.82, 2.24) is 0 Å². The zero-order valence-electron chi connectivity index (χ0n) is 21.2. The van der Waals surface area contributed by atoms with E-state index in [2.05, 4.69) is 34.3 Å². The number of unbranched alkanes of at least 4 members (excludes halogenated alkanes) is 2. The summed E-state index contributed by atoms with van der Waals surface area (Å²) >= 11 is 0. The Kier molecular flexibility index (Phi) is 21.0. The van der Waals surface area contributed by atoms with Crippen LogP contribution in [-0.2, 0) is 27.7 Å². The second kappa shape index (κ2) is 19.6. The van der Waals surface area contributed by atoms with Crippen LogP contribution in [0.25, 0.3) is 0 Å². The van der Waals surface area contributed by atoms with Gasteiger partial charge in [0.1, 0.15) is 0 Å². The van der Waals surface area contributed by atoms with Crippen molar-refractivity contribution in [2.24, 2.45) is 11.8 Å². The zero-order chi connectivity index (χ0) is 22.1. The SMILES string of the molecule is C=CC(=O)OC(CC)OP(=O)(OCC(CC)CCCC)OCC(CC)CCCC.[H-].[Li+]. The molecule has 0 aliphatic heterocycles. The first-order valence-electron chi connectivity index (χ1n) is 11.3. The molecule has 0 spiro atoms. The molecule has 0 aliphatic rings. The number of phosphoric acid groups is 1. The standard InChI is InChI=1S/C22H43O6P.Li.H/c1-7-13-15-19(9-3)17-25-29(24,26-18-20(10-4)16-14-8-2)28-22(12-6)27-21(23)11-5;;/h11,19-20,22H,5,7-10,12-18H2,1-4,6H3;;/q;+1;-1. The first-order chi connectivity index (χ1) is 13.9. The van der Waals surface area contributed by atoms with Gasteiger partial charge in [-0.05, 0) is 24.7 Å². The minimum absolute atomic E-state index is 0. The second-order valence-corrected chi connectivity index (χ2v) is 9.08. The fraction of sp³-hybridized carbons (Fsp3) is 0.864. The van der Waals surface area contributed by atoms with Gasteiger partial charge in [-0.15, -0.1) is 0 Å². The van der Waals surface area contributed by atoms with E-state index in [9.17, 15) is 9.36 Å². The number of phosphoric ester groups is 1. The maximum atomic E-state index is 13.4. The Morgan fingerprint density at radius 1 is 0.933 bits per heavy atom. The van der Waals surface area contributed by atoms with Gasteiger partial charge >= 0.3 is 32.7 Å². The van der Waals surface area contributed by atoms with Crippen LogP contribution in [-0.4, -0.2) is 25.5 Å². The summed E-state index contributed by atoms with van der Waals surface area (Å²) in [6.07, 6.45) is 8.64. The topological polar surface area (TPSA) is 71.1 Å². The summed E-state index contributed by atoms with van der Waals surface area (Å²) in [6.45, 7) is 14.2. The monoisotopic (exact) mass is 442 g/mol. The fourth-order valence-electron chi connectivity index (χ4n) is 2.79. The van der Waals surface area contributed by atoms with E-state index in [1.807, 2.05) is 0 Å². The van der Waals surface area contributed by atoms with Crippen LogP contribution in [0.5, 0.6) is 0 Å². The average Bonchev–Trinajstić information content (AvgIpc) is 2.73. The van der Waals surface area contributed by atoms with Gasteiger partial charge in [0.15, 0.2) is 0 Å². The molecule has 0 heterocycles. The largest absolute Gasteiger partial charge is 1.00 e. The van der Waals surface area contributed by atoms with Gasteiger partial charge in [-0.2, -0.15) is 0 Å². The molecule has 3 atom stereocenters. The third-order valence-electron chi connectivity index (χ3n) is 5.02. The number of carbonyl (C=O) groups excluding carboxylic acids is 1. The first-order valence-corrected chi connectivity index (χ1v) is 12.7. The van der Waals surface area contributed by atoms with Gasteiger partial charge in [-0.25, -0.2) is 13.9 Å². The molecule has 3 unspecified atom stereocenters. The van der Waals surface area contributed by atoms with Gasteiger partial charge < -0.3 is 6.16 Å². The Balaban J connectivity index is -0.00000392. The van der Waals surface area contributed by atoms with Crippen molar-refractivity contribution in [2.75, 3.05) is 13.2 Å². The molecule has 0 saturated heterocycles. The summed E-state index contributed by atoms with van der Waals surface area (Å²) in [5.74, 6) is -0.0613. The number of carbonyl (C=O) groups is 1. The summed E-state index contributed by atoms with van der Waals surface area (Å²) in [5.41, 5.74) is 0. The van der Waals surface area contributed by atoms with E-state index >= 15 is 0 Å². The van der Waals surface area contributed by atoms with Crippen molar-refractivity contribution >= 4 is 13.8 Å². The van der Waals surface area contributed by atoms with Gasteiger partial charge in [0.25, 0.3) is 0 Å². The Labute approximate surface area is 198 Å². The molecule has 174 valence electrons. The number of esters is 1. The van der Waals surface area contributed by atoms with Crippen LogP contribution in [0.3, 0.4) is 0 Å². The molecule has 6 nitrogen and oxygen atoms in total. The van der Waals surface area contributed by atoms with Crippen molar-refractivity contribution < 1.29 is 48.0 Å². The van der Waals surface area contributed by atoms with E-state index in [0.717, 1.165) is 57.4 Å². The molecule has 0 rings (SSSR count). The van der Waals surface area contributed by atoms with Crippen LogP contribution in [0.4, 0.5) is 0 Å². The van der Waals surface area contributed by atoms with Crippen molar-refractivity contribution in [3.63, 3.8) is 0 Å². The molecule has 0 aromatic rings. The Bertz CT molecular complexity index is 471. The molecule has 0 aromatic carbocycles. The molecule has 0 bridgehead atoms. The number of ether oxygens (including phenoxy) is 1. The van der Waals surface area contributed by atoms with Crippen LogP contribution >= 0.6 is 7.82 Å². The van der Waals surface area contributed by atoms with Crippen LogP contribution in [0.1, 0.15) is 93.8 Å². The summed E-state index contributed by atoms with van der Waals surface area (Å²) in [4.78, 5) is 11.5. The van der Waals surface area contributed by atoms with Crippen molar-refractivity contribution in [3.05, 3.63) is 12.7 Å². The molecule has 0 aromatic heterocycles. The Hall–Kier alpha value is -0.0826. The summed E-state index contributed by atoms with van der Waals surface area (Å²) in [6, 6.07) is 0. The molecule has 0 aliphatic carbocycles. The van der Waals surface area contributed by atoms with E-state index in [1.165, 1.54) is 0 Å². The third kappa shape index (κ3) is 14.8. The smallest absolute Gasteiger partial charge is 1.00 e. The van der Waals surface area contributed by atoms with E-state index in [4.69, 9.17) is 18.3 Å². The average molecular weight is 443 g/mol. The molecule has 0 N–H and O–H groups in total. The van der Waals surface area contributed by atoms with Crippen molar-refractivity contribution in [3.8, 4) is 0 Å². The quantitative estimate of drug-likeness (QED) is 0.0984. The van der Waals surface area contributed by atoms with Crippen LogP contribution in [0.2, 0.25) is 0 Å². The molecule has 0 saturated carbocycles. The van der Waals surface area contributed by atoms with E-state index in [1.54, 1.807) is 6.92 Å². The van der Waals surface area contributed by atoms with Crippen LogP contribution < -0.4 is 18.9 Å². The normalized spacial score (nSPS) is 16.0. The fourth-order valence-corrected chi connectivity index (χ4v) is 4.25. The van der Waals surface area contributed by atoms with E-state index < -0.39 is 20.1 Å². The van der Waals surface area contributed by atoms with Crippen molar-refractivity contribution in [1.29, 1.82) is 0 Å². The predicted octanol–water partition coefficient (Wildman–Crippen LogP) is 4.16. The van der Waals surface area contributed by atoms with Crippen molar-refractivity contribution in [2.45, 2.75) is 98.7 Å². The second-order valence-electron chi connectivity index (χ2n) is 7.46. The number of hydrogen-bond donors (Lipinski definition) is 0. The van der Waals surface area contributed by atoms with Gasteiger partial charge in [0.2, 0.25) is 6.29 Å². The third-order valence-corrected chi connectivity index (χ3v) is 6.44. The zero-order valence-corrected chi connectivity index (χ0v) is 21.1. The van der Waals surface area contributed by atoms with Gasteiger partial charge in [0, 0.05) is 12.5 Å². The summed E-state index contributed by atoms with van der Waals surface area (Å²) in [7, 11) is -3.87. The van der Waals surface area contributed by atoms with Gasteiger partial charge in [0.05, 0.1) is 13.2 Å². The first kappa shape index (κ1) is 32.1. The maximum Gasteiger partial charge on any atom is 1.00 e. The molecule has 30 heavy (non-hydrogen) atoms. The van der Waals surface area contributed by atoms with Gasteiger partial charge in [-0.1, -0.05) is 79.7 Å². The molecule has 0 radical (unpaired) electrons. The van der Waals surface area contributed by atoms with Crippen LogP contribution in [0, 0.1) is 11.8 Å². The minimum atomic E-state index is -3.87. The molecule has 8 heteroatoms. The van der Waals surface area contributed by atoms with Gasteiger partial charge in [-0.3, -0.25) is 9.05 Å². The predicted molar refractivity (Wildman–Crippen MR) is 119 cm³/mol. The van der Waals surface area contributed by atoms with E-state index in [0.29, 0.717) is 19.6 Å². The maximum absolute atomic E-state index is 13.4. The molecule has 0 fully saturated rings. The molecular formula is C22H44LiO6P. The van der Waals surface area contributed by atoms with Crippen LogP contribution in [0.15, 0.2) is 12.7 Å². The summed E-state index contributed by atoms with van der Waals surface area (Å²) in [5, 5.41) is 0. The summed E-state index contributed by atoms with van der Waals surface area (Å²) < 4.78 is 35.5. The van der Waals surface area contributed by atoms with E-state index in [-0.39, 0.29) is 32.1 Å². The molecule has 0 amide bonds. The number of rotatable bonds is 19.